The van der Waals surface area contributed by atoms with Gasteiger partial charge in [0.15, 0.2) is 0 Å². The fourth-order valence-electron chi connectivity index (χ4n) is 3.40. The third kappa shape index (κ3) is 2.41. The molecule has 2 bridgehead atoms. The maximum atomic E-state index is 12.5. The Morgan fingerprint density at radius 3 is 2.33 bits per heavy atom. The number of nitrogens with two attached hydrogens (primary N) is 1. The van der Waals surface area contributed by atoms with Gasteiger partial charge in [-0.05, 0) is 44.7 Å². The maximum absolute atomic E-state index is 12.5. The molecule has 3 aliphatic heterocycles. The molecule has 0 aromatic rings. The summed E-state index contributed by atoms with van der Waals surface area (Å²) in [6.07, 6.45) is 4.12. The Kier molecular flexibility index (Phi) is 4.28. The third-order valence-corrected chi connectivity index (χ3v) is 5.20. The first-order valence-electron chi connectivity index (χ1n) is 7.38. The molecular weight excluding hydrogens is 226 g/mol. The van der Waals surface area contributed by atoms with Crippen LogP contribution in [0.25, 0.3) is 0 Å². The quantitative estimate of drug-likeness (QED) is 0.767. The summed E-state index contributed by atoms with van der Waals surface area (Å²) in [5.74, 6) is 0.858. The summed E-state index contributed by atoms with van der Waals surface area (Å²) in [4.78, 5) is 15.0. The van der Waals surface area contributed by atoms with E-state index in [2.05, 4.69) is 24.1 Å². The zero-order valence-electron chi connectivity index (χ0n) is 11.7. The number of nitrogens with zero attached hydrogens (tertiary/aromatic N) is 1. The van der Waals surface area contributed by atoms with Crippen molar-refractivity contribution in [1.29, 1.82) is 0 Å². The van der Waals surface area contributed by atoms with Gasteiger partial charge in [-0.2, -0.15) is 0 Å². The predicted molar refractivity (Wildman–Crippen MR) is 73.2 cm³/mol. The van der Waals surface area contributed by atoms with E-state index in [-0.39, 0.29) is 11.3 Å². The molecule has 0 radical (unpaired) electrons. The predicted octanol–water partition coefficient (Wildman–Crippen LogP) is 0.962. The van der Waals surface area contributed by atoms with Crippen LogP contribution in [-0.2, 0) is 4.79 Å². The van der Waals surface area contributed by atoms with E-state index in [1.807, 2.05) is 0 Å². The van der Waals surface area contributed by atoms with Crippen LogP contribution in [-0.4, -0.2) is 43.0 Å². The third-order valence-electron chi connectivity index (χ3n) is 5.20. The zero-order valence-corrected chi connectivity index (χ0v) is 11.7. The largest absolute Gasteiger partial charge is 0.351 e. The molecule has 3 heterocycles. The molecule has 3 aliphatic rings. The van der Waals surface area contributed by atoms with E-state index < -0.39 is 0 Å². The van der Waals surface area contributed by atoms with Gasteiger partial charge in [0.2, 0.25) is 5.91 Å². The normalized spacial score (nSPS) is 31.4. The van der Waals surface area contributed by atoms with Gasteiger partial charge in [0.25, 0.3) is 0 Å². The molecule has 4 heteroatoms. The molecular formula is C14H27N3O. The second kappa shape index (κ2) is 5.57. The molecule has 3 saturated heterocycles. The minimum absolute atomic E-state index is 0.175. The summed E-state index contributed by atoms with van der Waals surface area (Å²) in [5.41, 5.74) is 5.48. The SMILES string of the molecule is CCC(CC)(CN)C(=O)NC1CN2CCC1CC2. The van der Waals surface area contributed by atoms with Crippen LogP contribution in [0.2, 0.25) is 0 Å². The Balaban J connectivity index is 1.98. The van der Waals surface area contributed by atoms with Gasteiger partial charge in [0.05, 0.1) is 5.41 Å². The number of carbonyl (C=O) groups is 1. The number of nitrogens with one attached hydrogen (secondary N) is 1. The van der Waals surface area contributed by atoms with Gasteiger partial charge in [0, 0.05) is 19.1 Å². The highest BCUT2D eigenvalue weighted by Gasteiger charge is 2.39. The van der Waals surface area contributed by atoms with Crippen LogP contribution < -0.4 is 11.1 Å². The Morgan fingerprint density at radius 1 is 1.33 bits per heavy atom. The standard InChI is InChI=1S/C14H27N3O/c1-3-14(4-2,10-15)13(18)16-12-9-17-7-5-11(12)6-8-17/h11-12H,3-10,15H2,1-2H3,(H,16,18). The van der Waals surface area contributed by atoms with Crippen molar-refractivity contribution in [2.24, 2.45) is 17.1 Å². The van der Waals surface area contributed by atoms with Gasteiger partial charge < -0.3 is 16.0 Å². The lowest BCUT2D eigenvalue weighted by atomic mass is 9.79. The monoisotopic (exact) mass is 253 g/mol. The van der Waals surface area contributed by atoms with Crippen molar-refractivity contribution in [3.05, 3.63) is 0 Å². The zero-order chi connectivity index (χ0) is 13.2. The summed E-state index contributed by atoms with van der Waals surface area (Å²) in [5, 5.41) is 3.28. The first kappa shape index (κ1) is 13.8. The van der Waals surface area contributed by atoms with E-state index in [0.29, 0.717) is 18.5 Å². The van der Waals surface area contributed by atoms with Crippen LogP contribution in [0.4, 0.5) is 0 Å². The topological polar surface area (TPSA) is 58.4 Å². The van der Waals surface area contributed by atoms with Crippen molar-refractivity contribution in [3.63, 3.8) is 0 Å². The van der Waals surface area contributed by atoms with Gasteiger partial charge in [-0.1, -0.05) is 13.8 Å². The van der Waals surface area contributed by atoms with Crippen molar-refractivity contribution in [3.8, 4) is 0 Å². The lowest BCUT2D eigenvalue weighted by Gasteiger charge is -2.46. The second-order valence-electron chi connectivity index (χ2n) is 5.91. The molecule has 0 aromatic carbocycles. The van der Waals surface area contributed by atoms with Crippen molar-refractivity contribution < 1.29 is 4.79 Å². The van der Waals surface area contributed by atoms with E-state index in [1.165, 1.54) is 25.9 Å². The molecule has 18 heavy (non-hydrogen) atoms. The fraction of sp³-hybridized carbons (Fsp3) is 0.929. The van der Waals surface area contributed by atoms with Crippen LogP contribution in [0, 0.1) is 11.3 Å². The lowest BCUT2D eigenvalue weighted by Crippen LogP contribution is -2.60. The molecule has 0 saturated carbocycles. The highest BCUT2D eigenvalue weighted by molar-refractivity contribution is 5.83. The summed E-state index contributed by atoms with van der Waals surface area (Å²) in [6.45, 7) is 8.03. The minimum Gasteiger partial charge on any atom is -0.351 e. The van der Waals surface area contributed by atoms with Crippen molar-refractivity contribution in [2.75, 3.05) is 26.2 Å². The molecule has 3 rings (SSSR count). The molecule has 3 fully saturated rings. The average Bonchev–Trinajstić information content (AvgIpc) is 2.43. The van der Waals surface area contributed by atoms with Crippen LogP contribution >= 0.6 is 0 Å². The van der Waals surface area contributed by atoms with E-state index >= 15 is 0 Å². The number of hydrogen-bond donors (Lipinski definition) is 2. The van der Waals surface area contributed by atoms with E-state index in [9.17, 15) is 4.79 Å². The Morgan fingerprint density at radius 2 is 1.94 bits per heavy atom. The van der Waals surface area contributed by atoms with Crippen LogP contribution in [0.5, 0.6) is 0 Å². The van der Waals surface area contributed by atoms with E-state index in [0.717, 1.165) is 19.4 Å². The summed E-state index contributed by atoms with van der Waals surface area (Å²) >= 11 is 0. The van der Waals surface area contributed by atoms with Crippen molar-refractivity contribution in [2.45, 2.75) is 45.6 Å². The first-order chi connectivity index (χ1) is 8.65. The van der Waals surface area contributed by atoms with Gasteiger partial charge in [-0.15, -0.1) is 0 Å². The molecule has 0 aromatic heterocycles. The fourth-order valence-corrected chi connectivity index (χ4v) is 3.40. The molecule has 3 N–H and O–H groups in total. The summed E-state index contributed by atoms with van der Waals surface area (Å²) < 4.78 is 0. The minimum atomic E-state index is -0.355. The van der Waals surface area contributed by atoms with E-state index in [1.54, 1.807) is 0 Å². The van der Waals surface area contributed by atoms with E-state index in [4.69, 9.17) is 5.73 Å². The summed E-state index contributed by atoms with van der Waals surface area (Å²) in [7, 11) is 0. The number of fused-ring (bicyclic) bond motifs is 3. The summed E-state index contributed by atoms with van der Waals surface area (Å²) in [6, 6.07) is 0.351. The second-order valence-corrected chi connectivity index (χ2v) is 5.91. The number of piperidine rings is 3. The van der Waals surface area contributed by atoms with Crippen LogP contribution in [0.1, 0.15) is 39.5 Å². The molecule has 1 unspecified atom stereocenters. The Bertz CT molecular complexity index is 285. The Labute approximate surface area is 110 Å². The molecule has 0 aliphatic carbocycles. The molecule has 1 atom stereocenters. The number of hydrogen-bond acceptors (Lipinski definition) is 3. The van der Waals surface area contributed by atoms with Crippen LogP contribution in [0.15, 0.2) is 0 Å². The number of carbonyl (C=O) groups excluding carboxylic acids is 1. The van der Waals surface area contributed by atoms with Crippen molar-refractivity contribution in [1.82, 2.24) is 10.2 Å². The lowest BCUT2D eigenvalue weighted by molar-refractivity contribution is -0.133. The molecule has 4 nitrogen and oxygen atoms in total. The van der Waals surface area contributed by atoms with Gasteiger partial charge in [0.1, 0.15) is 0 Å². The van der Waals surface area contributed by atoms with Crippen molar-refractivity contribution >= 4 is 5.91 Å². The molecule has 0 spiro atoms. The first-order valence-corrected chi connectivity index (χ1v) is 7.38. The van der Waals surface area contributed by atoms with Crippen LogP contribution in [0.3, 0.4) is 0 Å². The molecule has 1 amide bonds. The number of amides is 1. The molecule has 104 valence electrons. The van der Waals surface area contributed by atoms with Gasteiger partial charge >= 0.3 is 0 Å². The highest BCUT2D eigenvalue weighted by atomic mass is 16.2. The van der Waals surface area contributed by atoms with Gasteiger partial charge in [-0.3, -0.25) is 4.79 Å². The Hall–Kier alpha value is -0.610. The number of rotatable bonds is 5. The highest BCUT2D eigenvalue weighted by Crippen LogP contribution is 2.30. The maximum Gasteiger partial charge on any atom is 0.227 e. The average molecular weight is 253 g/mol. The smallest absolute Gasteiger partial charge is 0.227 e. The van der Waals surface area contributed by atoms with Gasteiger partial charge in [-0.25, -0.2) is 0 Å².